The van der Waals surface area contributed by atoms with Crippen LogP contribution >= 0.6 is 11.3 Å². The Morgan fingerprint density at radius 3 is 2.71 bits per heavy atom. The van der Waals surface area contributed by atoms with Gasteiger partial charge in [-0.05, 0) is 49.1 Å². The predicted octanol–water partition coefficient (Wildman–Crippen LogP) is 2.92. The average molecular weight is 442 g/mol. The minimum Gasteiger partial charge on any atom is -0.493 e. The van der Waals surface area contributed by atoms with Gasteiger partial charge in [0.2, 0.25) is 16.2 Å². The maximum absolute atomic E-state index is 12.8. The molecule has 164 valence electrons. The molecule has 1 atom stereocenters. The number of nitrogens with one attached hydrogen (secondary N) is 1. The van der Waals surface area contributed by atoms with Crippen molar-refractivity contribution in [2.75, 3.05) is 38.8 Å². The number of nitrogens with zero attached hydrogens (tertiary/aromatic N) is 4. The van der Waals surface area contributed by atoms with Crippen LogP contribution in [0.5, 0.6) is 11.5 Å². The molecule has 31 heavy (non-hydrogen) atoms. The first-order valence-electron chi connectivity index (χ1n) is 10.4. The van der Waals surface area contributed by atoms with Crippen LogP contribution in [-0.2, 0) is 11.2 Å². The quantitative estimate of drug-likeness (QED) is 0.579. The van der Waals surface area contributed by atoms with E-state index >= 15 is 0 Å². The van der Waals surface area contributed by atoms with E-state index in [1.807, 2.05) is 47.3 Å². The molecule has 0 unspecified atom stereocenters. The smallest absolute Gasteiger partial charge is 0.224 e. The Balaban J connectivity index is 1.30. The first kappa shape index (κ1) is 21.2. The Morgan fingerprint density at radius 1 is 1.16 bits per heavy atom. The summed E-state index contributed by atoms with van der Waals surface area (Å²) in [6, 6.07) is 9.76. The van der Waals surface area contributed by atoms with Crippen LogP contribution in [0.25, 0.3) is 5.13 Å². The van der Waals surface area contributed by atoms with Gasteiger partial charge in [0, 0.05) is 32.0 Å². The normalized spacial score (nSPS) is 16.2. The Kier molecular flexibility index (Phi) is 6.71. The number of carbonyl (C=O) groups excluding carboxylic acids is 1. The van der Waals surface area contributed by atoms with Gasteiger partial charge < -0.3 is 19.7 Å². The number of anilines is 1. The fourth-order valence-electron chi connectivity index (χ4n) is 3.78. The molecule has 1 saturated heterocycles. The molecule has 9 heteroatoms. The third-order valence-electron chi connectivity index (χ3n) is 5.45. The van der Waals surface area contributed by atoms with Crippen molar-refractivity contribution in [2.24, 2.45) is 5.92 Å². The van der Waals surface area contributed by atoms with E-state index in [1.165, 1.54) is 0 Å². The second-order valence-electron chi connectivity index (χ2n) is 7.47. The Bertz CT molecular complexity index is 1000. The highest BCUT2D eigenvalue weighted by atomic mass is 32.1. The molecule has 3 heterocycles. The van der Waals surface area contributed by atoms with Gasteiger partial charge in [-0.1, -0.05) is 17.4 Å². The first-order valence-corrected chi connectivity index (χ1v) is 11.2. The van der Waals surface area contributed by atoms with Crippen molar-refractivity contribution in [3.63, 3.8) is 0 Å². The Morgan fingerprint density at radius 2 is 1.94 bits per heavy atom. The van der Waals surface area contributed by atoms with Crippen LogP contribution in [0.4, 0.5) is 5.13 Å². The fourth-order valence-corrected chi connectivity index (χ4v) is 4.63. The number of aromatic nitrogens is 3. The van der Waals surface area contributed by atoms with Crippen LogP contribution in [0.1, 0.15) is 18.4 Å². The van der Waals surface area contributed by atoms with Crippen molar-refractivity contribution in [3.8, 4) is 16.6 Å². The van der Waals surface area contributed by atoms with Crippen LogP contribution in [0.2, 0.25) is 0 Å². The molecule has 2 aromatic heterocycles. The SMILES string of the molecule is COc1ccc(CCNC(=O)[C@H]2CCCN(c3nnc(-n4cccc4)s3)C2)cc1OC. The molecule has 0 spiro atoms. The molecule has 1 amide bonds. The van der Waals surface area contributed by atoms with Crippen molar-refractivity contribution in [1.82, 2.24) is 20.1 Å². The molecular formula is C22H27N5O3S. The second-order valence-corrected chi connectivity index (χ2v) is 8.41. The topological polar surface area (TPSA) is 81.5 Å². The van der Waals surface area contributed by atoms with Gasteiger partial charge in [-0.25, -0.2) is 0 Å². The van der Waals surface area contributed by atoms with Gasteiger partial charge >= 0.3 is 0 Å². The zero-order valence-corrected chi connectivity index (χ0v) is 18.6. The van der Waals surface area contributed by atoms with E-state index in [0.29, 0.717) is 24.6 Å². The minimum atomic E-state index is -0.0434. The van der Waals surface area contributed by atoms with E-state index in [-0.39, 0.29) is 11.8 Å². The standard InChI is InChI=1S/C22H27N5O3S/c1-29-18-8-7-16(14-19(18)30-2)9-10-23-20(28)17-6-5-13-27(15-17)22-25-24-21(31-22)26-11-3-4-12-26/h3-4,7-8,11-12,14,17H,5-6,9-10,13,15H2,1-2H3,(H,23,28)/t17-/m0/s1. The van der Waals surface area contributed by atoms with Gasteiger partial charge in [0.05, 0.1) is 20.1 Å². The van der Waals surface area contributed by atoms with Crippen LogP contribution < -0.4 is 19.7 Å². The van der Waals surface area contributed by atoms with Crippen molar-refractivity contribution >= 4 is 22.4 Å². The van der Waals surface area contributed by atoms with E-state index in [1.54, 1.807) is 25.6 Å². The highest BCUT2D eigenvalue weighted by Crippen LogP contribution is 2.29. The van der Waals surface area contributed by atoms with Gasteiger partial charge in [-0.2, -0.15) is 0 Å². The number of methoxy groups -OCH3 is 2. The maximum atomic E-state index is 12.8. The summed E-state index contributed by atoms with van der Waals surface area (Å²) in [6.07, 6.45) is 6.50. The van der Waals surface area contributed by atoms with E-state index in [2.05, 4.69) is 20.4 Å². The van der Waals surface area contributed by atoms with Crippen molar-refractivity contribution in [1.29, 1.82) is 0 Å². The highest BCUT2D eigenvalue weighted by Gasteiger charge is 2.27. The summed E-state index contributed by atoms with van der Waals surface area (Å²) in [4.78, 5) is 14.9. The molecule has 1 aliphatic heterocycles. The molecule has 3 aromatic rings. The lowest BCUT2D eigenvalue weighted by atomic mass is 9.97. The lowest BCUT2D eigenvalue weighted by Gasteiger charge is -2.31. The minimum absolute atomic E-state index is 0.0434. The largest absolute Gasteiger partial charge is 0.493 e. The highest BCUT2D eigenvalue weighted by molar-refractivity contribution is 7.17. The molecule has 8 nitrogen and oxygen atoms in total. The monoisotopic (exact) mass is 441 g/mol. The number of amides is 1. The van der Waals surface area contributed by atoms with Crippen molar-refractivity contribution in [2.45, 2.75) is 19.3 Å². The molecule has 1 fully saturated rings. The van der Waals surface area contributed by atoms with Crippen LogP contribution in [-0.4, -0.2) is 54.5 Å². The van der Waals surface area contributed by atoms with Gasteiger partial charge in [0.15, 0.2) is 11.5 Å². The van der Waals surface area contributed by atoms with Gasteiger partial charge in [-0.15, -0.1) is 10.2 Å². The molecular weight excluding hydrogens is 414 g/mol. The van der Waals surface area contributed by atoms with Gasteiger partial charge in [0.1, 0.15) is 0 Å². The lowest BCUT2D eigenvalue weighted by molar-refractivity contribution is -0.125. The van der Waals surface area contributed by atoms with Crippen molar-refractivity contribution in [3.05, 3.63) is 48.3 Å². The van der Waals surface area contributed by atoms with E-state index < -0.39 is 0 Å². The fraction of sp³-hybridized carbons (Fsp3) is 0.409. The van der Waals surface area contributed by atoms with Crippen LogP contribution in [0.3, 0.4) is 0 Å². The van der Waals surface area contributed by atoms with E-state index in [9.17, 15) is 4.79 Å². The Labute approximate surface area is 185 Å². The summed E-state index contributed by atoms with van der Waals surface area (Å²) >= 11 is 1.55. The number of rotatable bonds is 8. The lowest BCUT2D eigenvalue weighted by Crippen LogP contribution is -2.43. The average Bonchev–Trinajstić information content (AvgIpc) is 3.51. The summed E-state index contributed by atoms with van der Waals surface area (Å²) in [5, 5.41) is 13.4. The summed E-state index contributed by atoms with van der Waals surface area (Å²) in [7, 11) is 3.24. The summed E-state index contributed by atoms with van der Waals surface area (Å²) in [6.45, 7) is 2.15. The summed E-state index contributed by atoms with van der Waals surface area (Å²) in [5.74, 6) is 1.46. The summed E-state index contributed by atoms with van der Waals surface area (Å²) < 4.78 is 12.6. The Hall–Kier alpha value is -3.07. The number of benzene rings is 1. The van der Waals surface area contributed by atoms with E-state index in [0.717, 1.165) is 41.6 Å². The third-order valence-corrected chi connectivity index (χ3v) is 6.45. The van der Waals surface area contributed by atoms with E-state index in [4.69, 9.17) is 9.47 Å². The molecule has 4 rings (SSSR count). The van der Waals surface area contributed by atoms with Crippen LogP contribution in [0.15, 0.2) is 42.7 Å². The second kappa shape index (κ2) is 9.82. The number of hydrogen-bond acceptors (Lipinski definition) is 7. The first-order chi connectivity index (χ1) is 15.2. The number of carbonyl (C=O) groups is 1. The number of piperidine rings is 1. The molecule has 0 saturated carbocycles. The van der Waals surface area contributed by atoms with Crippen LogP contribution in [0, 0.1) is 5.92 Å². The maximum Gasteiger partial charge on any atom is 0.224 e. The predicted molar refractivity (Wildman–Crippen MR) is 120 cm³/mol. The summed E-state index contributed by atoms with van der Waals surface area (Å²) in [5.41, 5.74) is 1.09. The molecule has 0 radical (unpaired) electrons. The zero-order chi connectivity index (χ0) is 21.6. The van der Waals surface area contributed by atoms with Crippen molar-refractivity contribution < 1.29 is 14.3 Å². The number of hydrogen-bond donors (Lipinski definition) is 1. The molecule has 0 bridgehead atoms. The molecule has 1 N–H and O–H groups in total. The zero-order valence-electron chi connectivity index (χ0n) is 17.8. The molecule has 1 aliphatic rings. The molecule has 1 aromatic carbocycles. The molecule has 0 aliphatic carbocycles. The van der Waals surface area contributed by atoms with Gasteiger partial charge in [0.25, 0.3) is 0 Å². The number of ether oxygens (including phenoxy) is 2. The van der Waals surface area contributed by atoms with Gasteiger partial charge in [-0.3, -0.25) is 9.36 Å². The third kappa shape index (κ3) is 4.99.